The van der Waals surface area contributed by atoms with Gasteiger partial charge >= 0.3 is 6.09 Å². The lowest BCUT2D eigenvalue weighted by molar-refractivity contribution is -0.00652. The summed E-state index contributed by atoms with van der Waals surface area (Å²) in [7, 11) is 0. The van der Waals surface area contributed by atoms with E-state index in [1.165, 1.54) is 0 Å². The minimum absolute atomic E-state index is 0.0405. The van der Waals surface area contributed by atoms with Crippen LogP contribution in [-0.2, 0) is 4.74 Å². The van der Waals surface area contributed by atoms with E-state index in [4.69, 9.17) is 10.5 Å². The summed E-state index contributed by atoms with van der Waals surface area (Å²) in [6, 6.07) is 0. The number of ether oxygens (including phenoxy) is 1. The Bertz CT molecular complexity index is 250. The zero-order valence-electron chi connectivity index (χ0n) is 10.3. The molecule has 1 saturated heterocycles. The van der Waals surface area contributed by atoms with E-state index < -0.39 is 11.7 Å². The molecule has 0 spiro atoms. The largest absolute Gasteiger partial charge is 0.444 e. The maximum absolute atomic E-state index is 11.8. The molecule has 1 aliphatic heterocycles. The van der Waals surface area contributed by atoms with Crippen LogP contribution in [0.25, 0.3) is 0 Å². The van der Waals surface area contributed by atoms with Crippen LogP contribution in [0.2, 0.25) is 0 Å². The number of aliphatic hydroxyl groups is 1. The molecule has 1 rings (SSSR count). The number of rotatable bonds is 1. The van der Waals surface area contributed by atoms with E-state index in [-0.39, 0.29) is 12.0 Å². The smallest absolute Gasteiger partial charge is 0.410 e. The Hall–Kier alpha value is -0.810. The summed E-state index contributed by atoms with van der Waals surface area (Å²) in [6.45, 7) is 6.91. The Morgan fingerprint density at radius 1 is 1.56 bits per heavy atom. The molecule has 5 nitrogen and oxygen atoms in total. The second-order valence-electron chi connectivity index (χ2n) is 5.28. The Balaban J connectivity index is 2.52. The Morgan fingerprint density at radius 2 is 2.19 bits per heavy atom. The number of piperidine rings is 1. The molecule has 5 heteroatoms. The first-order chi connectivity index (χ1) is 7.33. The second-order valence-corrected chi connectivity index (χ2v) is 5.28. The van der Waals surface area contributed by atoms with Gasteiger partial charge in [0.2, 0.25) is 0 Å². The molecule has 0 saturated carbocycles. The van der Waals surface area contributed by atoms with Gasteiger partial charge in [0.05, 0.1) is 6.10 Å². The van der Waals surface area contributed by atoms with Gasteiger partial charge in [-0.15, -0.1) is 0 Å². The fraction of sp³-hybridized carbons (Fsp3) is 0.909. The van der Waals surface area contributed by atoms with Gasteiger partial charge in [-0.1, -0.05) is 0 Å². The number of carbonyl (C=O) groups is 1. The van der Waals surface area contributed by atoms with Gasteiger partial charge in [-0.2, -0.15) is 0 Å². The molecule has 0 aliphatic carbocycles. The van der Waals surface area contributed by atoms with E-state index in [1.54, 1.807) is 4.90 Å². The summed E-state index contributed by atoms with van der Waals surface area (Å²) in [4.78, 5) is 13.4. The van der Waals surface area contributed by atoms with Crippen LogP contribution in [0.3, 0.4) is 0 Å². The minimum atomic E-state index is -0.481. The van der Waals surface area contributed by atoms with E-state index >= 15 is 0 Å². The number of hydrogen-bond acceptors (Lipinski definition) is 4. The van der Waals surface area contributed by atoms with Crippen molar-refractivity contribution >= 4 is 6.09 Å². The first-order valence-electron chi connectivity index (χ1n) is 5.69. The van der Waals surface area contributed by atoms with Gasteiger partial charge in [0.15, 0.2) is 0 Å². The molecule has 2 atom stereocenters. The number of likely N-dealkylation sites (tertiary alicyclic amines) is 1. The van der Waals surface area contributed by atoms with Gasteiger partial charge in [-0.3, -0.25) is 0 Å². The van der Waals surface area contributed by atoms with Gasteiger partial charge in [-0.05, 0) is 33.7 Å². The van der Waals surface area contributed by atoms with E-state index in [2.05, 4.69) is 0 Å². The van der Waals surface area contributed by atoms with Crippen molar-refractivity contribution in [3.05, 3.63) is 0 Å². The first kappa shape index (κ1) is 13.3. The quantitative estimate of drug-likeness (QED) is 0.690. The normalized spacial score (nSPS) is 26.7. The second kappa shape index (κ2) is 5.01. The standard InChI is InChI=1S/C11H22N2O3/c1-11(2,3)16-10(15)13-5-4-9(14)8(6-12)7-13/h8-9,14H,4-7,12H2,1-3H3/t8-,9-/m1/s1. The molecule has 0 bridgehead atoms. The van der Waals surface area contributed by atoms with Crippen LogP contribution < -0.4 is 5.73 Å². The molecule has 1 amide bonds. The summed E-state index contributed by atoms with van der Waals surface area (Å²) in [5.74, 6) is -0.0405. The summed E-state index contributed by atoms with van der Waals surface area (Å²) < 4.78 is 5.27. The molecule has 0 radical (unpaired) electrons. The summed E-state index contributed by atoms with van der Waals surface area (Å²) in [5.41, 5.74) is 5.06. The molecule has 0 unspecified atom stereocenters. The molecule has 0 aromatic rings. The van der Waals surface area contributed by atoms with Gasteiger partial charge in [-0.25, -0.2) is 4.79 Å². The molecule has 94 valence electrons. The predicted molar refractivity (Wildman–Crippen MR) is 61.0 cm³/mol. The highest BCUT2D eigenvalue weighted by molar-refractivity contribution is 5.68. The van der Waals surface area contributed by atoms with Crippen molar-refractivity contribution in [1.29, 1.82) is 0 Å². The highest BCUT2D eigenvalue weighted by atomic mass is 16.6. The van der Waals surface area contributed by atoms with Crippen LogP contribution in [0.1, 0.15) is 27.2 Å². The van der Waals surface area contributed by atoms with Crippen LogP contribution in [0, 0.1) is 5.92 Å². The van der Waals surface area contributed by atoms with Crippen molar-refractivity contribution in [2.45, 2.75) is 38.9 Å². The third-order valence-corrected chi connectivity index (χ3v) is 2.65. The van der Waals surface area contributed by atoms with Gasteiger partial charge in [0.1, 0.15) is 5.60 Å². The SMILES string of the molecule is CC(C)(C)OC(=O)N1CC[C@@H](O)[C@H](CN)C1. The number of hydrogen-bond donors (Lipinski definition) is 2. The van der Waals surface area contributed by atoms with Crippen LogP contribution in [0.15, 0.2) is 0 Å². The van der Waals surface area contributed by atoms with Crippen LogP contribution in [0.4, 0.5) is 4.79 Å². The van der Waals surface area contributed by atoms with E-state index in [1.807, 2.05) is 20.8 Å². The predicted octanol–water partition coefficient (Wildman–Crippen LogP) is 0.563. The molecule has 1 aliphatic rings. The lowest BCUT2D eigenvalue weighted by Crippen LogP contribution is -2.49. The van der Waals surface area contributed by atoms with E-state index in [0.717, 1.165) is 0 Å². The third kappa shape index (κ3) is 3.64. The van der Waals surface area contributed by atoms with Crippen molar-refractivity contribution in [3.8, 4) is 0 Å². The maximum Gasteiger partial charge on any atom is 0.410 e. The number of carbonyl (C=O) groups excluding carboxylic acids is 1. The summed E-state index contributed by atoms with van der Waals surface area (Å²) in [5, 5.41) is 9.64. The zero-order valence-corrected chi connectivity index (χ0v) is 10.3. The highest BCUT2D eigenvalue weighted by Crippen LogP contribution is 2.18. The molecule has 0 aromatic heterocycles. The van der Waals surface area contributed by atoms with Crippen LogP contribution in [-0.4, -0.2) is 47.4 Å². The van der Waals surface area contributed by atoms with Crippen molar-refractivity contribution in [2.24, 2.45) is 11.7 Å². The average molecular weight is 230 g/mol. The van der Waals surface area contributed by atoms with Gasteiger partial charge in [0, 0.05) is 19.0 Å². The number of nitrogens with two attached hydrogens (primary N) is 1. The fourth-order valence-electron chi connectivity index (χ4n) is 1.74. The highest BCUT2D eigenvalue weighted by Gasteiger charge is 2.31. The summed E-state index contributed by atoms with van der Waals surface area (Å²) >= 11 is 0. The Kier molecular flexibility index (Phi) is 4.15. The van der Waals surface area contributed by atoms with Crippen molar-refractivity contribution in [3.63, 3.8) is 0 Å². The molecule has 1 heterocycles. The van der Waals surface area contributed by atoms with E-state index in [0.29, 0.717) is 26.1 Å². The third-order valence-electron chi connectivity index (χ3n) is 2.65. The molecule has 0 aromatic carbocycles. The molecule has 16 heavy (non-hydrogen) atoms. The Labute approximate surface area is 96.6 Å². The van der Waals surface area contributed by atoms with Gasteiger partial charge in [0.25, 0.3) is 0 Å². The average Bonchev–Trinajstić information content (AvgIpc) is 2.15. The molecule has 1 fully saturated rings. The first-order valence-corrected chi connectivity index (χ1v) is 5.69. The topological polar surface area (TPSA) is 75.8 Å². The molecular weight excluding hydrogens is 208 g/mol. The monoisotopic (exact) mass is 230 g/mol. The van der Waals surface area contributed by atoms with Gasteiger partial charge < -0.3 is 20.5 Å². The van der Waals surface area contributed by atoms with Crippen molar-refractivity contribution in [2.75, 3.05) is 19.6 Å². The van der Waals surface area contributed by atoms with E-state index in [9.17, 15) is 9.90 Å². The van der Waals surface area contributed by atoms with Crippen molar-refractivity contribution in [1.82, 2.24) is 4.90 Å². The molecule has 3 N–H and O–H groups in total. The van der Waals surface area contributed by atoms with Crippen molar-refractivity contribution < 1.29 is 14.6 Å². The zero-order chi connectivity index (χ0) is 12.3. The fourth-order valence-corrected chi connectivity index (χ4v) is 1.74. The lowest BCUT2D eigenvalue weighted by atomic mass is 9.95. The summed E-state index contributed by atoms with van der Waals surface area (Å²) in [6.07, 6.45) is -0.150. The number of amides is 1. The van der Waals surface area contributed by atoms with Crippen LogP contribution >= 0.6 is 0 Å². The number of aliphatic hydroxyl groups excluding tert-OH is 1. The lowest BCUT2D eigenvalue weighted by Gasteiger charge is -2.36. The van der Waals surface area contributed by atoms with Crippen LogP contribution in [0.5, 0.6) is 0 Å². The molecular formula is C11H22N2O3. The maximum atomic E-state index is 11.8. The Morgan fingerprint density at radius 3 is 2.69 bits per heavy atom. The number of nitrogens with zero attached hydrogens (tertiary/aromatic N) is 1. The minimum Gasteiger partial charge on any atom is -0.444 e.